The molecule has 0 spiro atoms. The van der Waals surface area contributed by atoms with Crippen LogP contribution in [0.25, 0.3) is 0 Å². The van der Waals surface area contributed by atoms with E-state index < -0.39 is 11.7 Å². The molecule has 3 aromatic rings. The van der Waals surface area contributed by atoms with Crippen LogP contribution in [0.2, 0.25) is 0 Å². The Hall–Kier alpha value is -2.74. The fourth-order valence-electron chi connectivity index (χ4n) is 3.24. The number of halogens is 3. The third-order valence-electron chi connectivity index (χ3n) is 4.98. The number of benzene rings is 2. The zero-order valence-corrected chi connectivity index (χ0v) is 19.6. The number of alkyl halides is 3. The molecule has 33 heavy (non-hydrogen) atoms. The van der Waals surface area contributed by atoms with Crippen molar-refractivity contribution in [3.8, 4) is 5.75 Å². The summed E-state index contributed by atoms with van der Waals surface area (Å²) in [7, 11) is 0. The number of unbranched alkanes of at least 4 members (excludes halogenated alkanes) is 3. The first-order chi connectivity index (χ1) is 15.9. The van der Waals surface area contributed by atoms with Crippen LogP contribution in [0.15, 0.2) is 70.7 Å². The highest BCUT2D eigenvalue weighted by molar-refractivity contribution is 7.99. The summed E-state index contributed by atoms with van der Waals surface area (Å²) in [5.74, 6) is 0.983. The summed E-state index contributed by atoms with van der Waals surface area (Å²) >= 11 is 0.978. The van der Waals surface area contributed by atoms with Gasteiger partial charge in [0.15, 0.2) is 0 Å². The summed E-state index contributed by atoms with van der Waals surface area (Å²) in [6.07, 6.45) is 0.863. The van der Waals surface area contributed by atoms with Crippen LogP contribution in [0.3, 0.4) is 0 Å². The summed E-state index contributed by atoms with van der Waals surface area (Å²) in [4.78, 5) is 10.8. The highest BCUT2D eigenvalue weighted by Gasteiger charge is 2.35. The quantitative estimate of drug-likeness (QED) is 0.209. The summed E-state index contributed by atoms with van der Waals surface area (Å²) in [6, 6.07) is 16.4. The molecule has 0 aliphatic carbocycles. The van der Waals surface area contributed by atoms with Crippen LogP contribution in [0.5, 0.6) is 5.75 Å². The van der Waals surface area contributed by atoms with Gasteiger partial charge < -0.3 is 9.64 Å². The number of anilines is 2. The van der Waals surface area contributed by atoms with Gasteiger partial charge in [0.1, 0.15) is 16.3 Å². The highest BCUT2D eigenvalue weighted by Crippen LogP contribution is 2.39. The van der Waals surface area contributed by atoms with Gasteiger partial charge in [0.25, 0.3) is 0 Å². The maximum Gasteiger partial charge on any atom is 0.420 e. The van der Waals surface area contributed by atoms with Gasteiger partial charge in [-0.3, -0.25) is 0 Å². The molecule has 1 aromatic heterocycles. The van der Waals surface area contributed by atoms with Crippen molar-refractivity contribution >= 4 is 23.4 Å². The first kappa shape index (κ1) is 24.9. The highest BCUT2D eigenvalue weighted by atomic mass is 32.2. The molecule has 8 heteroatoms. The molecule has 0 atom stereocenters. The fourth-order valence-corrected chi connectivity index (χ4v) is 4.16. The third-order valence-corrected chi connectivity index (χ3v) is 5.99. The molecule has 0 aliphatic rings. The molecular formula is C25H28F3N3OS. The van der Waals surface area contributed by atoms with E-state index in [4.69, 9.17) is 4.74 Å². The lowest BCUT2D eigenvalue weighted by Gasteiger charge is -2.22. The minimum Gasteiger partial charge on any atom is -0.494 e. The molecule has 0 N–H and O–H groups in total. The van der Waals surface area contributed by atoms with E-state index in [0.29, 0.717) is 18.0 Å². The lowest BCUT2D eigenvalue weighted by Crippen LogP contribution is -2.20. The maximum absolute atomic E-state index is 13.6. The summed E-state index contributed by atoms with van der Waals surface area (Å²) in [6.45, 7) is 5.24. The van der Waals surface area contributed by atoms with Gasteiger partial charge in [-0.2, -0.15) is 13.2 Å². The second-order valence-corrected chi connectivity index (χ2v) is 8.51. The summed E-state index contributed by atoms with van der Waals surface area (Å²) < 4.78 is 46.5. The second-order valence-electron chi connectivity index (χ2n) is 7.45. The number of nitrogens with zero attached hydrogens (tertiary/aromatic N) is 3. The zero-order valence-electron chi connectivity index (χ0n) is 18.8. The molecule has 0 unspecified atom stereocenters. The molecular weight excluding hydrogens is 447 g/mol. The van der Waals surface area contributed by atoms with Crippen molar-refractivity contribution < 1.29 is 17.9 Å². The number of aromatic nitrogens is 2. The molecule has 0 fully saturated rings. The molecule has 3 rings (SSSR count). The zero-order chi connectivity index (χ0) is 23.7. The predicted molar refractivity (Wildman–Crippen MR) is 126 cm³/mol. The van der Waals surface area contributed by atoms with E-state index >= 15 is 0 Å². The van der Waals surface area contributed by atoms with Crippen molar-refractivity contribution in [3.05, 3.63) is 66.4 Å². The van der Waals surface area contributed by atoms with E-state index in [0.717, 1.165) is 42.2 Å². The third kappa shape index (κ3) is 7.12. The van der Waals surface area contributed by atoms with Crippen molar-refractivity contribution in [2.24, 2.45) is 0 Å². The number of rotatable bonds is 11. The van der Waals surface area contributed by atoms with E-state index in [1.165, 1.54) is 12.8 Å². The Morgan fingerprint density at radius 3 is 2.30 bits per heavy atom. The second kappa shape index (κ2) is 11.9. The fraction of sp³-hybridized carbons (Fsp3) is 0.360. The molecule has 4 nitrogen and oxygen atoms in total. The van der Waals surface area contributed by atoms with E-state index in [-0.39, 0.29) is 11.0 Å². The summed E-state index contributed by atoms with van der Waals surface area (Å²) in [5, 5.41) is -0.121. The predicted octanol–water partition coefficient (Wildman–Crippen LogP) is 7.76. The first-order valence-corrected chi connectivity index (χ1v) is 11.9. The van der Waals surface area contributed by atoms with Crippen LogP contribution in [0.1, 0.15) is 45.1 Å². The Morgan fingerprint density at radius 1 is 0.939 bits per heavy atom. The molecule has 0 saturated heterocycles. The minimum absolute atomic E-state index is 0.121. The van der Waals surface area contributed by atoms with Gasteiger partial charge >= 0.3 is 6.18 Å². The Morgan fingerprint density at radius 2 is 1.67 bits per heavy atom. The van der Waals surface area contributed by atoms with Gasteiger partial charge in [0.2, 0.25) is 5.95 Å². The van der Waals surface area contributed by atoms with Crippen molar-refractivity contribution in [1.82, 2.24) is 9.97 Å². The normalized spacial score (nSPS) is 11.4. The monoisotopic (exact) mass is 475 g/mol. The van der Waals surface area contributed by atoms with E-state index in [1.54, 1.807) is 29.2 Å². The first-order valence-electron chi connectivity index (χ1n) is 11.1. The maximum atomic E-state index is 13.6. The van der Waals surface area contributed by atoms with Crippen LogP contribution in [0, 0.1) is 0 Å². The lowest BCUT2D eigenvalue weighted by molar-refractivity contribution is -0.140. The Labute approximate surface area is 197 Å². The van der Waals surface area contributed by atoms with Gasteiger partial charge in [-0.05, 0) is 49.7 Å². The molecule has 0 aliphatic heterocycles. The van der Waals surface area contributed by atoms with Crippen molar-refractivity contribution in [2.75, 3.05) is 18.1 Å². The van der Waals surface area contributed by atoms with Gasteiger partial charge in [0.05, 0.1) is 6.61 Å². The number of hydrogen-bond acceptors (Lipinski definition) is 5. The van der Waals surface area contributed by atoms with Crippen LogP contribution >= 0.6 is 11.8 Å². The van der Waals surface area contributed by atoms with E-state index in [9.17, 15) is 13.2 Å². The average molecular weight is 476 g/mol. The average Bonchev–Trinajstić information content (AvgIpc) is 2.80. The molecule has 0 radical (unpaired) electrons. The molecule has 0 bridgehead atoms. The molecule has 0 amide bonds. The Kier molecular flexibility index (Phi) is 9.00. The largest absolute Gasteiger partial charge is 0.494 e. The lowest BCUT2D eigenvalue weighted by atomic mass is 10.2. The van der Waals surface area contributed by atoms with Crippen LogP contribution < -0.4 is 9.64 Å². The smallest absolute Gasteiger partial charge is 0.420 e. The summed E-state index contributed by atoms with van der Waals surface area (Å²) in [5.41, 5.74) is -0.0609. The Balaban J connectivity index is 1.80. The van der Waals surface area contributed by atoms with Crippen molar-refractivity contribution in [2.45, 2.75) is 55.6 Å². The van der Waals surface area contributed by atoms with Crippen LogP contribution in [-0.4, -0.2) is 23.1 Å². The molecule has 1 heterocycles. The number of hydrogen-bond donors (Lipinski definition) is 0. The van der Waals surface area contributed by atoms with E-state index in [2.05, 4.69) is 16.9 Å². The number of ether oxygens (including phenoxy) is 1. The SMILES string of the molecule is CCCCCCOc1ccc(N(CC)c2ncc(C(F)(F)F)c(Sc3ccccc3)n2)cc1. The van der Waals surface area contributed by atoms with Gasteiger partial charge in [-0.1, -0.05) is 56.1 Å². The minimum atomic E-state index is -4.54. The van der Waals surface area contributed by atoms with E-state index in [1.807, 2.05) is 37.3 Å². The molecule has 176 valence electrons. The molecule has 0 saturated carbocycles. The van der Waals surface area contributed by atoms with Gasteiger partial charge in [-0.15, -0.1) is 0 Å². The topological polar surface area (TPSA) is 38.2 Å². The van der Waals surface area contributed by atoms with Crippen molar-refractivity contribution in [1.29, 1.82) is 0 Å². The van der Waals surface area contributed by atoms with Crippen LogP contribution in [0.4, 0.5) is 24.8 Å². The standard InChI is InChI=1S/C25H28F3N3OS/c1-3-5-6-10-17-32-20-15-13-19(14-16-20)31(4-2)24-29-18-22(25(26,27)28)23(30-24)33-21-11-8-7-9-12-21/h7-9,11-16,18H,3-6,10,17H2,1-2H3. The van der Waals surface area contributed by atoms with Gasteiger partial charge in [0, 0.05) is 23.3 Å². The molecule has 2 aromatic carbocycles. The Bertz CT molecular complexity index is 998. The van der Waals surface area contributed by atoms with Crippen LogP contribution in [-0.2, 0) is 6.18 Å². The van der Waals surface area contributed by atoms with Gasteiger partial charge in [-0.25, -0.2) is 9.97 Å². The van der Waals surface area contributed by atoms with Crippen molar-refractivity contribution in [3.63, 3.8) is 0 Å².